The van der Waals surface area contributed by atoms with Crippen molar-refractivity contribution in [2.75, 3.05) is 0 Å². The average Bonchev–Trinajstić information content (AvgIpc) is 3.45. The number of nitriles is 1. The van der Waals surface area contributed by atoms with Gasteiger partial charge in [0.25, 0.3) is 0 Å². The minimum Gasteiger partial charge on any atom is -0.356 e. The molecule has 0 bridgehead atoms. The van der Waals surface area contributed by atoms with Crippen LogP contribution in [0.2, 0.25) is 0 Å². The van der Waals surface area contributed by atoms with Gasteiger partial charge in [-0.15, -0.1) is 0 Å². The van der Waals surface area contributed by atoms with Crippen LogP contribution in [-0.2, 0) is 35.5 Å². The quantitative estimate of drug-likeness (QED) is 0.204. The van der Waals surface area contributed by atoms with Crippen molar-refractivity contribution in [1.82, 2.24) is 29.5 Å². The van der Waals surface area contributed by atoms with Crippen molar-refractivity contribution in [3.8, 4) is 28.8 Å². The number of rotatable bonds is 6. The molecule has 0 spiro atoms. The molecule has 0 amide bonds. The van der Waals surface area contributed by atoms with E-state index in [-0.39, 0.29) is 22.4 Å². The largest absolute Gasteiger partial charge is 1.00 e. The number of nitrogens with zero attached hydrogens (tertiary/aromatic N) is 8. The van der Waals surface area contributed by atoms with Gasteiger partial charge in [-0.1, -0.05) is 12.1 Å². The van der Waals surface area contributed by atoms with Crippen LogP contribution in [0.4, 0.5) is 0 Å². The minimum absolute atomic E-state index is 0. The molecule has 0 radical (unpaired) electrons. The first-order chi connectivity index (χ1) is 15.5. The molecule has 0 aromatic carbocycles. The first-order valence-electron chi connectivity index (χ1n) is 9.55. The Morgan fingerprint density at radius 2 is 1.24 bits per heavy atom. The summed E-state index contributed by atoms with van der Waals surface area (Å²) in [6.07, 6.45) is 8.50. The number of pyridine rings is 2. The molecule has 0 fully saturated rings. The van der Waals surface area contributed by atoms with Gasteiger partial charge in [0.2, 0.25) is 0 Å². The molecule has 0 aliphatic heterocycles. The van der Waals surface area contributed by atoms with E-state index in [2.05, 4.69) is 20.2 Å². The SMILES string of the molecule is CC#N.O=[N+]([O-])[O-].[Ag+].c1ccc(-c2ccn(CCCn3ccc(-c4ccccn4)n3)n2)nc1. The molecule has 0 saturated carbocycles. The van der Waals surface area contributed by atoms with Gasteiger partial charge in [-0.25, -0.2) is 0 Å². The number of hydrogen-bond acceptors (Lipinski definition) is 8. The third kappa shape index (κ3) is 9.88. The zero-order chi connectivity index (χ0) is 23.2. The molecule has 174 valence electrons. The van der Waals surface area contributed by atoms with Crippen molar-refractivity contribution in [3.05, 3.63) is 88.6 Å². The zero-order valence-corrected chi connectivity index (χ0v) is 19.1. The Labute approximate surface area is 206 Å². The summed E-state index contributed by atoms with van der Waals surface area (Å²) < 4.78 is 3.90. The molecule has 4 rings (SSSR count). The molecule has 0 aliphatic rings. The minimum atomic E-state index is -1.75. The summed E-state index contributed by atoms with van der Waals surface area (Å²) in [4.78, 5) is 16.9. The summed E-state index contributed by atoms with van der Waals surface area (Å²) in [5.41, 5.74) is 3.59. The van der Waals surface area contributed by atoms with Crippen LogP contribution in [0.3, 0.4) is 0 Å². The summed E-state index contributed by atoms with van der Waals surface area (Å²) in [7, 11) is 0. The maximum absolute atomic E-state index is 8.25. The molecule has 4 heterocycles. The fourth-order valence-corrected chi connectivity index (χ4v) is 2.67. The van der Waals surface area contributed by atoms with Crippen molar-refractivity contribution < 1.29 is 27.5 Å². The molecule has 0 N–H and O–H groups in total. The van der Waals surface area contributed by atoms with Crippen molar-refractivity contribution in [3.63, 3.8) is 0 Å². The standard InChI is InChI=1S/C19H18N6.C2H3N.Ag.NO3/c1-3-10-20-16(6-1)18-8-14-24(22-18)12-5-13-25-15-9-19(23-25)17-7-2-4-11-21-17;1-2-3;;2-1(3)4/h1-4,6-11,14-15H,5,12-13H2;1H3;;/q;;+1;-1. The average molecular weight is 541 g/mol. The summed E-state index contributed by atoms with van der Waals surface area (Å²) in [6, 6.07) is 17.4. The third-order valence-corrected chi connectivity index (χ3v) is 3.91. The third-order valence-electron chi connectivity index (χ3n) is 3.91. The van der Waals surface area contributed by atoms with Crippen LogP contribution >= 0.6 is 0 Å². The van der Waals surface area contributed by atoms with Crippen LogP contribution in [0.5, 0.6) is 0 Å². The van der Waals surface area contributed by atoms with Gasteiger partial charge in [0.1, 0.15) is 11.4 Å². The Balaban J connectivity index is 0.000000606. The Morgan fingerprint density at radius 1 is 0.848 bits per heavy atom. The van der Waals surface area contributed by atoms with Crippen LogP contribution in [0.15, 0.2) is 73.3 Å². The van der Waals surface area contributed by atoms with Crippen LogP contribution in [0.1, 0.15) is 13.3 Å². The van der Waals surface area contributed by atoms with Gasteiger partial charge in [-0.05, 0) is 42.8 Å². The summed E-state index contributed by atoms with van der Waals surface area (Å²) in [6.45, 7) is 3.11. The number of aromatic nitrogens is 6. The maximum Gasteiger partial charge on any atom is 1.00 e. The van der Waals surface area contributed by atoms with E-state index >= 15 is 0 Å². The van der Waals surface area contributed by atoms with Gasteiger partial charge in [0, 0.05) is 44.8 Å². The van der Waals surface area contributed by atoms with Gasteiger partial charge in [-0.2, -0.15) is 15.5 Å². The molecule has 0 saturated heterocycles. The normalized spacial score (nSPS) is 9.21. The van der Waals surface area contributed by atoms with E-state index in [1.165, 1.54) is 6.92 Å². The van der Waals surface area contributed by atoms with E-state index in [9.17, 15) is 0 Å². The first kappa shape index (κ1) is 27.2. The second kappa shape index (κ2) is 15.0. The molecule has 0 aliphatic carbocycles. The molecular formula is C21H21AgN8O3. The summed E-state index contributed by atoms with van der Waals surface area (Å²) in [5.74, 6) is 0. The zero-order valence-electron chi connectivity index (χ0n) is 17.7. The van der Waals surface area contributed by atoms with Gasteiger partial charge < -0.3 is 15.3 Å². The van der Waals surface area contributed by atoms with Gasteiger partial charge in [0.05, 0.1) is 22.5 Å². The van der Waals surface area contributed by atoms with E-state index in [0.717, 1.165) is 42.3 Å². The number of hydrogen-bond donors (Lipinski definition) is 0. The van der Waals surface area contributed by atoms with E-state index in [1.54, 1.807) is 18.5 Å². The number of aryl methyl sites for hydroxylation is 2. The Bertz CT molecular complexity index is 1050. The molecule has 4 aromatic heterocycles. The fraction of sp³-hybridized carbons (Fsp3) is 0.190. The second-order valence-corrected chi connectivity index (χ2v) is 6.16. The Morgan fingerprint density at radius 3 is 1.58 bits per heavy atom. The summed E-state index contributed by atoms with van der Waals surface area (Å²) in [5, 5.41) is 31.2. The van der Waals surface area contributed by atoms with E-state index in [1.807, 2.05) is 70.3 Å². The predicted molar refractivity (Wildman–Crippen MR) is 117 cm³/mol. The molecule has 0 unspecified atom stereocenters. The van der Waals surface area contributed by atoms with Crippen molar-refractivity contribution in [1.29, 1.82) is 5.26 Å². The monoisotopic (exact) mass is 540 g/mol. The molecule has 33 heavy (non-hydrogen) atoms. The van der Waals surface area contributed by atoms with Crippen molar-refractivity contribution in [2.24, 2.45) is 0 Å². The Kier molecular flexibility index (Phi) is 12.4. The van der Waals surface area contributed by atoms with Crippen LogP contribution in [-0.4, -0.2) is 34.6 Å². The summed E-state index contributed by atoms with van der Waals surface area (Å²) >= 11 is 0. The Hall–Kier alpha value is -3.85. The fourth-order valence-electron chi connectivity index (χ4n) is 2.67. The van der Waals surface area contributed by atoms with Gasteiger partial charge in [0.15, 0.2) is 0 Å². The van der Waals surface area contributed by atoms with Gasteiger partial charge in [-0.3, -0.25) is 19.3 Å². The smallest absolute Gasteiger partial charge is 0.356 e. The second-order valence-electron chi connectivity index (χ2n) is 6.16. The van der Waals surface area contributed by atoms with E-state index < -0.39 is 5.09 Å². The van der Waals surface area contributed by atoms with Crippen molar-refractivity contribution >= 4 is 0 Å². The molecule has 4 aromatic rings. The molecule has 12 heteroatoms. The van der Waals surface area contributed by atoms with Crippen LogP contribution in [0.25, 0.3) is 22.8 Å². The van der Waals surface area contributed by atoms with Crippen molar-refractivity contribution in [2.45, 2.75) is 26.4 Å². The van der Waals surface area contributed by atoms with E-state index in [0.29, 0.717) is 0 Å². The van der Waals surface area contributed by atoms with Crippen LogP contribution < -0.4 is 0 Å². The topological polar surface area (TPSA) is 151 Å². The molecule has 11 nitrogen and oxygen atoms in total. The molecule has 0 atom stereocenters. The van der Waals surface area contributed by atoms with Crippen LogP contribution in [0, 0.1) is 26.7 Å². The van der Waals surface area contributed by atoms with Gasteiger partial charge >= 0.3 is 22.4 Å². The maximum atomic E-state index is 8.25. The first-order valence-corrected chi connectivity index (χ1v) is 9.55. The predicted octanol–water partition coefficient (Wildman–Crippen LogP) is 3.58. The van der Waals surface area contributed by atoms with E-state index in [4.69, 9.17) is 20.6 Å². The molecular weight excluding hydrogens is 520 g/mol.